The van der Waals surface area contributed by atoms with Crippen LogP contribution in [0.5, 0.6) is 0 Å². The van der Waals surface area contributed by atoms with Gasteiger partial charge in [0, 0.05) is 6.54 Å². The molecule has 5 heteroatoms. The third-order valence-corrected chi connectivity index (χ3v) is 2.77. The van der Waals surface area contributed by atoms with E-state index in [0.717, 1.165) is 16.0 Å². The fourth-order valence-corrected chi connectivity index (χ4v) is 2.10. The average Bonchev–Trinajstić information content (AvgIpc) is 2.61. The van der Waals surface area contributed by atoms with Gasteiger partial charge in [0.15, 0.2) is 0 Å². The molecule has 0 saturated heterocycles. The number of nitrogens with zero attached hydrogens (tertiary/aromatic N) is 2. The molecular weight excluding hydrogens is 218 g/mol. The van der Waals surface area contributed by atoms with Crippen molar-refractivity contribution in [1.29, 1.82) is 0 Å². The van der Waals surface area contributed by atoms with Gasteiger partial charge in [0.05, 0.1) is 10.2 Å². The maximum atomic E-state index is 5.78. The first-order valence-electron chi connectivity index (χ1n) is 4.07. The molecule has 0 atom stereocenters. The number of aromatic nitrogens is 2. The summed E-state index contributed by atoms with van der Waals surface area (Å²) in [5.74, 6) is 0.773. The molecule has 14 heavy (non-hydrogen) atoms. The second-order valence-electron chi connectivity index (χ2n) is 2.65. The summed E-state index contributed by atoms with van der Waals surface area (Å²) in [5.41, 5.74) is 0.876. The van der Waals surface area contributed by atoms with Crippen LogP contribution >= 0.6 is 22.9 Å². The van der Waals surface area contributed by atoms with Gasteiger partial charge in [-0.2, -0.15) is 4.98 Å². The Morgan fingerprint density at radius 2 is 2.43 bits per heavy atom. The molecule has 0 amide bonds. The van der Waals surface area contributed by atoms with E-state index in [1.54, 1.807) is 17.4 Å². The van der Waals surface area contributed by atoms with Crippen LogP contribution < -0.4 is 5.32 Å². The lowest BCUT2D eigenvalue weighted by molar-refractivity contribution is 1.19. The third-order valence-electron chi connectivity index (χ3n) is 1.69. The fraction of sp³-hybridized carbons (Fsp3) is 0.111. The Balaban J connectivity index is 2.49. The topological polar surface area (TPSA) is 37.8 Å². The molecule has 2 aromatic rings. The fourth-order valence-electron chi connectivity index (χ4n) is 1.12. The molecule has 3 nitrogen and oxygen atoms in total. The Morgan fingerprint density at radius 1 is 1.57 bits per heavy atom. The van der Waals surface area contributed by atoms with Crippen LogP contribution in [0.25, 0.3) is 10.2 Å². The standard InChI is InChI=1S/C9H8ClN3S/c1-2-4-11-8-7-6(3-5-14-7)12-9(10)13-8/h2-3,5H,1,4H2,(H,11,12,13). The normalized spacial score (nSPS) is 10.4. The van der Waals surface area contributed by atoms with Crippen LogP contribution in [0.4, 0.5) is 5.82 Å². The summed E-state index contributed by atoms with van der Waals surface area (Å²) in [6.07, 6.45) is 1.77. The smallest absolute Gasteiger partial charge is 0.224 e. The second-order valence-corrected chi connectivity index (χ2v) is 3.90. The summed E-state index contributed by atoms with van der Waals surface area (Å²) in [5, 5.41) is 5.35. The van der Waals surface area contributed by atoms with E-state index in [0.29, 0.717) is 6.54 Å². The molecule has 0 unspecified atom stereocenters. The van der Waals surface area contributed by atoms with E-state index >= 15 is 0 Å². The highest BCUT2D eigenvalue weighted by Crippen LogP contribution is 2.26. The van der Waals surface area contributed by atoms with Crippen molar-refractivity contribution in [2.75, 3.05) is 11.9 Å². The molecule has 0 radical (unpaired) electrons. The molecule has 2 rings (SSSR count). The Labute approximate surface area is 90.5 Å². The molecule has 0 spiro atoms. The highest BCUT2D eigenvalue weighted by molar-refractivity contribution is 7.17. The van der Waals surface area contributed by atoms with Gasteiger partial charge in [0.25, 0.3) is 0 Å². The average molecular weight is 226 g/mol. The lowest BCUT2D eigenvalue weighted by Crippen LogP contribution is -2.01. The largest absolute Gasteiger partial charge is 0.365 e. The first-order valence-corrected chi connectivity index (χ1v) is 5.32. The van der Waals surface area contributed by atoms with Crippen LogP contribution in [0, 0.1) is 0 Å². The summed E-state index contributed by atoms with van der Waals surface area (Å²) in [7, 11) is 0. The molecule has 0 saturated carbocycles. The van der Waals surface area contributed by atoms with Gasteiger partial charge >= 0.3 is 0 Å². The molecule has 72 valence electrons. The second kappa shape index (κ2) is 3.94. The molecule has 0 bridgehead atoms. The van der Waals surface area contributed by atoms with E-state index in [-0.39, 0.29) is 5.28 Å². The number of thiophene rings is 1. The van der Waals surface area contributed by atoms with E-state index in [1.807, 2.05) is 11.4 Å². The maximum absolute atomic E-state index is 5.78. The first kappa shape index (κ1) is 9.43. The molecule has 2 heterocycles. The number of hydrogen-bond donors (Lipinski definition) is 1. The van der Waals surface area contributed by atoms with Gasteiger partial charge in [-0.25, -0.2) is 4.98 Å². The SMILES string of the molecule is C=CCNc1nc(Cl)nc2ccsc12. The van der Waals surface area contributed by atoms with Crippen molar-refractivity contribution in [2.24, 2.45) is 0 Å². The maximum Gasteiger partial charge on any atom is 0.224 e. The van der Waals surface area contributed by atoms with E-state index < -0.39 is 0 Å². The van der Waals surface area contributed by atoms with Crippen LogP contribution in [0.2, 0.25) is 5.28 Å². The molecular formula is C9H8ClN3S. The molecule has 0 aliphatic carbocycles. The highest BCUT2D eigenvalue weighted by atomic mass is 35.5. The van der Waals surface area contributed by atoms with Gasteiger partial charge in [0.1, 0.15) is 5.82 Å². The Hall–Kier alpha value is -1.13. The minimum Gasteiger partial charge on any atom is -0.365 e. The van der Waals surface area contributed by atoms with Crippen molar-refractivity contribution in [3.8, 4) is 0 Å². The van der Waals surface area contributed by atoms with Crippen molar-refractivity contribution in [3.05, 3.63) is 29.4 Å². The minimum absolute atomic E-state index is 0.266. The van der Waals surface area contributed by atoms with Gasteiger partial charge in [-0.3, -0.25) is 0 Å². The van der Waals surface area contributed by atoms with E-state index in [2.05, 4.69) is 21.9 Å². The Bertz CT molecular complexity index is 466. The molecule has 1 N–H and O–H groups in total. The quantitative estimate of drug-likeness (QED) is 0.645. The minimum atomic E-state index is 0.266. The summed E-state index contributed by atoms with van der Waals surface area (Å²) in [4.78, 5) is 8.22. The molecule has 0 fully saturated rings. The van der Waals surface area contributed by atoms with E-state index in [4.69, 9.17) is 11.6 Å². The lowest BCUT2D eigenvalue weighted by atomic mass is 10.4. The van der Waals surface area contributed by atoms with Gasteiger partial charge in [0.2, 0.25) is 5.28 Å². The summed E-state index contributed by atoms with van der Waals surface area (Å²) in [6, 6.07) is 1.92. The van der Waals surface area contributed by atoms with Crippen molar-refractivity contribution >= 4 is 39.0 Å². The van der Waals surface area contributed by atoms with Gasteiger partial charge in [-0.15, -0.1) is 17.9 Å². The zero-order chi connectivity index (χ0) is 9.97. The predicted octanol–water partition coefficient (Wildman–Crippen LogP) is 2.94. The summed E-state index contributed by atoms with van der Waals surface area (Å²) >= 11 is 7.37. The first-order chi connectivity index (χ1) is 6.81. The van der Waals surface area contributed by atoms with Crippen molar-refractivity contribution in [3.63, 3.8) is 0 Å². The Kier molecular flexibility index (Phi) is 2.65. The third kappa shape index (κ3) is 1.71. The number of halogens is 1. The molecule has 0 aliphatic heterocycles. The van der Waals surface area contributed by atoms with Crippen LogP contribution in [0.3, 0.4) is 0 Å². The van der Waals surface area contributed by atoms with E-state index in [1.165, 1.54) is 0 Å². The number of anilines is 1. The van der Waals surface area contributed by atoms with Crippen molar-refractivity contribution in [2.45, 2.75) is 0 Å². The Morgan fingerprint density at radius 3 is 3.21 bits per heavy atom. The van der Waals surface area contributed by atoms with Crippen LogP contribution in [0.1, 0.15) is 0 Å². The van der Waals surface area contributed by atoms with Gasteiger partial charge in [-0.05, 0) is 23.0 Å². The van der Waals surface area contributed by atoms with Gasteiger partial charge in [-0.1, -0.05) is 6.08 Å². The number of rotatable bonds is 3. The number of fused-ring (bicyclic) bond motifs is 1. The molecule has 0 aromatic carbocycles. The van der Waals surface area contributed by atoms with Crippen molar-refractivity contribution < 1.29 is 0 Å². The number of nitrogens with one attached hydrogen (secondary N) is 1. The zero-order valence-corrected chi connectivity index (χ0v) is 8.90. The molecule has 2 aromatic heterocycles. The molecule has 0 aliphatic rings. The van der Waals surface area contributed by atoms with Gasteiger partial charge < -0.3 is 5.32 Å². The summed E-state index contributed by atoms with van der Waals surface area (Å²) < 4.78 is 1.02. The van der Waals surface area contributed by atoms with Crippen LogP contribution in [0.15, 0.2) is 24.1 Å². The zero-order valence-electron chi connectivity index (χ0n) is 7.33. The van der Waals surface area contributed by atoms with E-state index in [9.17, 15) is 0 Å². The highest BCUT2D eigenvalue weighted by Gasteiger charge is 2.06. The lowest BCUT2D eigenvalue weighted by Gasteiger charge is -2.03. The van der Waals surface area contributed by atoms with Crippen molar-refractivity contribution in [1.82, 2.24) is 9.97 Å². The number of hydrogen-bond acceptors (Lipinski definition) is 4. The van der Waals surface area contributed by atoms with Crippen LogP contribution in [-0.4, -0.2) is 16.5 Å². The predicted molar refractivity (Wildman–Crippen MR) is 61.1 cm³/mol. The summed E-state index contributed by atoms with van der Waals surface area (Å²) in [6.45, 7) is 4.30. The van der Waals surface area contributed by atoms with Crippen LogP contribution in [-0.2, 0) is 0 Å². The monoisotopic (exact) mass is 225 g/mol.